The van der Waals surface area contributed by atoms with Crippen LogP contribution in [0.5, 0.6) is 0 Å². The van der Waals surface area contributed by atoms with Crippen molar-refractivity contribution < 1.29 is 22.9 Å². The van der Waals surface area contributed by atoms with E-state index >= 15 is 0 Å². The Bertz CT molecular complexity index is 1250. The standard InChI is InChI=1S/C25H22ClF3N4O3/c26-21-10-9-19(16-22(21)33(35)36)30-24(34)23(17-5-2-1-3-6-17)32-13-11-31(12-14-32)20-8-4-7-18(15-20)25(27,28)29/h1-10,15-16,23H,11-14H2,(H,30,34). The summed E-state index contributed by atoms with van der Waals surface area (Å²) < 4.78 is 39.4. The molecule has 36 heavy (non-hydrogen) atoms. The fourth-order valence-electron chi connectivity index (χ4n) is 4.22. The lowest BCUT2D eigenvalue weighted by Crippen LogP contribution is -2.50. The summed E-state index contributed by atoms with van der Waals surface area (Å²) in [5.41, 5.74) is 0.408. The van der Waals surface area contributed by atoms with Crippen molar-refractivity contribution >= 4 is 34.6 Å². The minimum absolute atomic E-state index is 0.0386. The molecule has 0 bridgehead atoms. The van der Waals surface area contributed by atoms with Crippen LogP contribution in [0.25, 0.3) is 0 Å². The summed E-state index contributed by atoms with van der Waals surface area (Å²) >= 11 is 5.88. The molecule has 3 aromatic rings. The molecule has 1 unspecified atom stereocenters. The number of amides is 1. The molecule has 188 valence electrons. The van der Waals surface area contributed by atoms with Gasteiger partial charge in [-0.2, -0.15) is 13.2 Å². The zero-order chi connectivity index (χ0) is 25.9. The van der Waals surface area contributed by atoms with Gasteiger partial charge in [-0.1, -0.05) is 48.0 Å². The Morgan fingerprint density at radius 3 is 2.31 bits per heavy atom. The molecule has 1 amide bonds. The monoisotopic (exact) mass is 518 g/mol. The lowest BCUT2D eigenvalue weighted by atomic mass is 10.0. The molecule has 1 N–H and O–H groups in total. The van der Waals surface area contributed by atoms with Crippen LogP contribution in [0.1, 0.15) is 17.2 Å². The number of benzene rings is 3. The van der Waals surface area contributed by atoms with E-state index < -0.39 is 22.7 Å². The van der Waals surface area contributed by atoms with E-state index in [9.17, 15) is 28.1 Å². The van der Waals surface area contributed by atoms with Crippen molar-refractivity contribution in [3.8, 4) is 0 Å². The number of hydrogen-bond acceptors (Lipinski definition) is 5. The number of alkyl halides is 3. The Morgan fingerprint density at radius 1 is 0.972 bits per heavy atom. The van der Waals surface area contributed by atoms with Crippen molar-refractivity contribution in [3.63, 3.8) is 0 Å². The number of halogens is 4. The van der Waals surface area contributed by atoms with Crippen LogP contribution in [0.3, 0.4) is 0 Å². The Hall–Kier alpha value is -3.63. The highest BCUT2D eigenvalue weighted by Crippen LogP contribution is 2.33. The predicted molar refractivity (Wildman–Crippen MR) is 131 cm³/mol. The number of nitro benzene ring substituents is 1. The largest absolute Gasteiger partial charge is 0.416 e. The quantitative estimate of drug-likeness (QED) is 0.331. The Kier molecular flexibility index (Phi) is 7.46. The molecule has 0 saturated carbocycles. The number of anilines is 2. The minimum Gasteiger partial charge on any atom is -0.369 e. The molecule has 7 nitrogen and oxygen atoms in total. The third kappa shape index (κ3) is 5.77. The van der Waals surface area contributed by atoms with Crippen LogP contribution in [0, 0.1) is 10.1 Å². The molecule has 1 aliphatic heterocycles. The minimum atomic E-state index is -4.43. The lowest BCUT2D eigenvalue weighted by molar-refractivity contribution is -0.384. The van der Waals surface area contributed by atoms with E-state index in [1.165, 1.54) is 24.3 Å². The number of rotatable bonds is 6. The molecule has 1 aliphatic rings. The van der Waals surface area contributed by atoms with Gasteiger partial charge in [0, 0.05) is 43.6 Å². The number of nitrogens with zero attached hydrogens (tertiary/aromatic N) is 3. The first-order valence-corrected chi connectivity index (χ1v) is 11.5. The molecule has 0 spiro atoms. The van der Waals surface area contributed by atoms with Crippen LogP contribution in [0.15, 0.2) is 72.8 Å². The van der Waals surface area contributed by atoms with Gasteiger partial charge < -0.3 is 10.2 Å². The molecule has 0 aliphatic carbocycles. The maximum atomic E-state index is 13.4. The second-order valence-electron chi connectivity index (χ2n) is 8.30. The fourth-order valence-corrected chi connectivity index (χ4v) is 4.41. The normalized spacial score (nSPS) is 15.4. The molecular weight excluding hydrogens is 497 g/mol. The second kappa shape index (κ2) is 10.5. The van der Waals surface area contributed by atoms with Gasteiger partial charge in [-0.25, -0.2) is 0 Å². The van der Waals surface area contributed by atoms with E-state index in [1.807, 2.05) is 40.1 Å². The van der Waals surface area contributed by atoms with Gasteiger partial charge in [0.2, 0.25) is 5.91 Å². The Labute approximate surface area is 210 Å². The number of nitro groups is 1. The van der Waals surface area contributed by atoms with E-state index in [4.69, 9.17) is 11.6 Å². The third-order valence-electron chi connectivity index (χ3n) is 5.99. The lowest BCUT2D eigenvalue weighted by Gasteiger charge is -2.40. The highest BCUT2D eigenvalue weighted by atomic mass is 35.5. The predicted octanol–water partition coefficient (Wildman–Crippen LogP) is 5.77. The number of nitrogens with one attached hydrogen (secondary N) is 1. The van der Waals surface area contributed by atoms with E-state index in [2.05, 4.69) is 5.32 Å². The Balaban J connectivity index is 1.53. The van der Waals surface area contributed by atoms with Gasteiger partial charge in [0.15, 0.2) is 0 Å². The molecule has 0 aromatic heterocycles. The Morgan fingerprint density at radius 2 is 1.67 bits per heavy atom. The van der Waals surface area contributed by atoms with E-state index in [-0.39, 0.29) is 22.3 Å². The highest BCUT2D eigenvalue weighted by Gasteiger charge is 2.33. The molecular formula is C25H22ClF3N4O3. The second-order valence-corrected chi connectivity index (χ2v) is 8.70. The molecule has 1 fully saturated rings. The van der Waals surface area contributed by atoms with Crippen molar-refractivity contribution in [1.29, 1.82) is 0 Å². The average Bonchev–Trinajstić information content (AvgIpc) is 2.86. The highest BCUT2D eigenvalue weighted by molar-refractivity contribution is 6.32. The number of carbonyl (C=O) groups is 1. The average molecular weight is 519 g/mol. The molecule has 1 heterocycles. The van der Waals surface area contributed by atoms with Crippen molar-refractivity contribution in [3.05, 3.63) is 99.1 Å². The number of hydrogen-bond donors (Lipinski definition) is 1. The molecule has 3 aromatic carbocycles. The van der Waals surface area contributed by atoms with Gasteiger partial charge in [0.05, 0.1) is 10.5 Å². The van der Waals surface area contributed by atoms with Gasteiger partial charge >= 0.3 is 6.18 Å². The van der Waals surface area contributed by atoms with Crippen molar-refractivity contribution in [1.82, 2.24) is 4.90 Å². The van der Waals surface area contributed by atoms with Crippen LogP contribution in [0.4, 0.5) is 30.2 Å². The van der Waals surface area contributed by atoms with Gasteiger partial charge in [-0.05, 0) is 35.9 Å². The molecule has 1 saturated heterocycles. The SMILES string of the molecule is O=C(Nc1ccc(Cl)c([N+](=O)[O-])c1)C(c1ccccc1)N1CCN(c2cccc(C(F)(F)F)c2)CC1. The van der Waals surface area contributed by atoms with Crippen LogP contribution in [-0.2, 0) is 11.0 Å². The van der Waals surface area contributed by atoms with Crippen LogP contribution in [0.2, 0.25) is 5.02 Å². The molecule has 4 rings (SSSR count). The molecule has 1 atom stereocenters. The fraction of sp³-hybridized carbons (Fsp3) is 0.240. The summed E-state index contributed by atoms with van der Waals surface area (Å²) in [6.45, 7) is 1.68. The smallest absolute Gasteiger partial charge is 0.369 e. The van der Waals surface area contributed by atoms with E-state index in [0.717, 1.165) is 17.7 Å². The topological polar surface area (TPSA) is 78.7 Å². The zero-order valence-corrected chi connectivity index (χ0v) is 19.7. The van der Waals surface area contributed by atoms with Crippen molar-refractivity contribution in [2.75, 3.05) is 36.4 Å². The van der Waals surface area contributed by atoms with Crippen LogP contribution >= 0.6 is 11.6 Å². The van der Waals surface area contributed by atoms with Crippen molar-refractivity contribution in [2.24, 2.45) is 0 Å². The first-order chi connectivity index (χ1) is 17.1. The summed E-state index contributed by atoms with van der Waals surface area (Å²) in [6.07, 6.45) is -4.43. The third-order valence-corrected chi connectivity index (χ3v) is 6.31. The summed E-state index contributed by atoms with van der Waals surface area (Å²) in [5, 5.41) is 13.9. The van der Waals surface area contributed by atoms with Crippen molar-refractivity contribution in [2.45, 2.75) is 12.2 Å². The van der Waals surface area contributed by atoms with E-state index in [1.54, 1.807) is 6.07 Å². The van der Waals surface area contributed by atoms with Crippen LogP contribution in [-0.4, -0.2) is 41.9 Å². The van der Waals surface area contributed by atoms with Crippen LogP contribution < -0.4 is 10.2 Å². The van der Waals surface area contributed by atoms with Gasteiger partial charge in [0.25, 0.3) is 5.69 Å². The number of piperazine rings is 1. The molecule has 0 radical (unpaired) electrons. The van der Waals surface area contributed by atoms with Gasteiger partial charge in [-0.3, -0.25) is 19.8 Å². The van der Waals surface area contributed by atoms with Gasteiger partial charge in [-0.15, -0.1) is 0 Å². The zero-order valence-electron chi connectivity index (χ0n) is 18.9. The van der Waals surface area contributed by atoms with Gasteiger partial charge in [0.1, 0.15) is 11.1 Å². The first-order valence-electron chi connectivity index (χ1n) is 11.1. The maximum Gasteiger partial charge on any atom is 0.416 e. The number of carbonyl (C=O) groups excluding carboxylic acids is 1. The summed E-state index contributed by atoms with van der Waals surface area (Å²) in [5.74, 6) is -0.384. The summed E-state index contributed by atoms with van der Waals surface area (Å²) in [7, 11) is 0. The maximum absolute atomic E-state index is 13.4. The molecule has 11 heteroatoms. The van der Waals surface area contributed by atoms with E-state index in [0.29, 0.717) is 31.9 Å². The first kappa shape index (κ1) is 25.5. The summed E-state index contributed by atoms with van der Waals surface area (Å²) in [6, 6.07) is 17.6. The summed E-state index contributed by atoms with van der Waals surface area (Å²) in [4.78, 5) is 27.8.